The molecule has 13 aromatic rings. The first-order chi connectivity index (χ1) is 44.2. The Balaban J connectivity index is 0.000000137. The van der Waals surface area contributed by atoms with E-state index in [0.717, 1.165) is 0 Å². The van der Waals surface area contributed by atoms with Gasteiger partial charge in [0.15, 0.2) is 0 Å². The third kappa shape index (κ3) is 17.6. The Bertz CT molecular complexity index is 4330. The highest BCUT2D eigenvalue weighted by Gasteiger charge is 2.09. The van der Waals surface area contributed by atoms with Gasteiger partial charge in [-0.2, -0.15) is 0 Å². The SMILES string of the molecule is Cc1cc(C)cc(-c2ccc(-c3cc(C)cc(C)c3)cc2)c1.Cc1cc(C)cc(-c2ccc(-c3ccc(-c4cc(C)cc(C)c4)cc3)cc2)c1.Cc1ccc(-c2cc(C)cc(C)c2)cc1.Cc1ccc(-c2ccc(-c3ccc(-c4cc(C)cc(C)c4)cc3)cc2)cc1. The summed E-state index contributed by atoms with van der Waals surface area (Å²) < 4.78 is 0. The third-order valence-electron chi connectivity index (χ3n) is 16.9. The molecule has 0 spiro atoms. The number of benzene rings is 13. The van der Waals surface area contributed by atoms with Gasteiger partial charge in [0.2, 0.25) is 0 Å². The van der Waals surface area contributed by atoms with Crippen molar-refractivity contribution in [1.82, 2.24) is 0 Å². The van der Waals surface area contributed by atoms with Gasteiger partial charge < -0.3 is 0 Å². The Labute approximate surface area is 550 Å². The van der Waals surface area contributed by atoms with Crippen molar-refractivity contribution in [3.8, 4) is 100 Å². The van der Waals surface area contributed by atoms with Crippen molar-refractivity contribution < 1.29 is 0 Å². The average Bonchev–Trinajstić information content (AvgIpc) is 1.05. The molecule has 0 bridgehead atoms. The fraction of sp³-hybridized carbons (Fsp3) is 0.152. The van der Waals surface area contributed by atoms with Gasteiger partial charge in [0.1, 0.15) is 0 Å². The third-order valence-corrected chi connectivity index (χ3v) is 16.9. The molecule has 13 rings (SSSR count). The molecule has 0 nitrogen and oxygen atoms in total. The molecule has 0 atom stereocenters. The zero-order valence-corrected chi connectivity index (χ0v) is 56.6. The summed E-state index contributed by atoms with van der Waals surface area (Å²) >= 11 is 0. The quantitative estimate of drug-likeness (QED) is 0.135. The maximum atomic E-state index is 2.25. The van der Waals surface area contributed by atoms with Gasteiger partial charge in [-0.15, -0.1) is 0 Å². The van der Waals surface area contributed by atoms with E-state index in [1.807, 2.05) is 0 Å². The van der Waals surface area contributed by atoms with E-state index >= 15 is 0 Å². The predicted octanol–water partition coefficient (Wildman–Crippen LogP) is 26.1. The summed E-state index contributed by atoms with van der Waals surface area (Å²) in [5.74, 6) is 0. The van der Waals surface area contributed by atoms with Gasteiger partial charge in [0.25, 0.3) is 0 Å². The van der Waals surface area contributed by atoms with Crippen molar-refractivity contribution in [3.63, 3.8) is 0 Å². The van der Waals surface area contributed by atoms with E-state index in [4.69, 9.17) is 0 Å². The zero-order valence-electron chi connectivity index (χ0n) is 56.6. The Kier molecular flexibility index (Phi) is 20.9. The molecule has 0 fully saturated rings. The van der Waals surface area contributed by atoms with E-state index in [0.29, 0.717) is 0 Å². The first-order valence-corrected chi connectivity index (χ1v) is 32.4. The fourth-order valence-corrected chi connectivity index (χ4v) is 12.6. The topological polar surface area (TPSA) is 0 Å². The standard InChI is InChI=1S/C28H26.C27H24.C22H22.C15H16/c1-19-13-20(2)16-27(15-19)25-9-5-23(6-10-25)24-7-11-26(12-8-24)28-17-21(3)14-22(4)18-28;1-19-4-6-22(7-5-19)23-8-10-24(11-9-23)25-12-14-26(15-13-25)27-17-20(2)16-21(3)18-27;1-15-9-16(2)12-21(11-15)19-5-7-20(8-6-19)22-13-17(3)10-18(4)14-22;1-11-4-6-14(7-5-11)15-9-12(2)8-13(3)10-15/h5-18H,1-4H3;4-18H,1-3H3;5-14H,1-4H3;4-10H,1-3H3. The molecule has 0 unspecified atom stereocenters. The molecule has 0 radical (unpaired) electrons. The number of rotatable bonds is 9. The minimum Gasteiger partial charge on any atom is -0.0587 e. The highest BCUT2D eigenvalue weighted by molar-refractivity contribution is 5.77. The van der Waals surface area contributed by atoms with E-state index in [-0.39, 0.29) is 0 Å². The second-order valence-electron chi connectivity index (χ2n) is 25.9. The van der Waals surface area contributed by atoms with E-state index in [1.54, 1.807) is 0 Å². The number of hydrogen-bond acceptors (Lipinski definition) is 0. The molecule has 0 saturated heterocycles. The fourth-order valence-electron chi connectivity index (χ4n) is 12.6. The van der Waals surface area contributed by atoms with Gasteiger partial charge in [-0.3, -0.25) is 0 Å². The molecule has 0 saturated carbocycles. The highest BCUT2D eigenvalue weighted by Crippen LogP contribution is 2.33. The number of hydrogen-bond donors (Lipinski definition) is 0. The van der Waals surface area contributed by atoms with Gasteiger partial charge in [0.05, 0.1) is 0 Å². The van der Waals surface area contributed by atoms with Crippen LogP contribution in [0.3, 0.4) is 0 Å². The van der Waals surface area contributed by atoms with Crippen LogP contribution >= 0.6 is 0 Å². The molecule has 0 aliphatic heterocycles. The second kappa shape index (κ2) is 29.7. The molecule has 0 heteroatoms. The number of aryl methyl sites for hydroxylation is 14. The summed E-state index contributed by atoms with van der Waals surface area (Å²) in [6.07, 6.45) is 0. The molecule has 0 aliphatic carbocycles. The van der Waals surface area contributed by atoms with Crippen LogP contribution in [0.15, 0.2) is 279 Å². The molecular weight excluding hydrogens is 1110 g/mol. The second-order valence-corrected chi connectivity index (χ2v) is 25.9. The molecule has 0 N–H and O–H groups in total. The van der Waals surface area contributed by atoms with Crippen LogP contribution in [0.2, 0.25) is 0 Å². The minimum absolute atomic E-state index is 1.25. The van der Waals surface area contributed by atoms with Crippen LogP contribution in [0, 0.1) is 96.9 Å². The van der Waals surface area contributed by atoms with Crippen LogP contribution in [0.1, 0.15) is 77.9 Å². The summed E-state index contributed by atoms with van der Waals surface area (Å²) in [5.41, 5.74) is 41.3. The van der Waals surface area contributed by atoms with Gasteiger partial charge in [-0.05, 0) is 197 Å². The lowest BCUT2D eigenvalue weighted by atomic mass is 9.96. The van der Waals surface area contributed by atoms with Gasteiger partial charge in [-0.25, -0.2) is 0 Å². The molecule has 456 valence electrons. The largest absolute Gasteiger partial charge is 0.0587 e. The average molecular weight is 1190 g/mol. The van der Waals surface area contributed by atoms with Crippen LogP contribution < -0.4 is 0 Å². The maximum absolute atomic E-state index is 2.25. The minimum atomic E-state index is 1.25. The van der Waals surface area contributed by atoms with Crippen LogP contribution in [-0.4, -0.2) is 0 Å². The maximum Gasteiger partial charge on any atom is -0.0179 e. The first-order valence-electron chi connectivity index (χ1n) is 32.4. The van der Waals surface area contributed by atoms with Gasteiger partial charge in [-0.1, -0.05) is 357 Å². The smallest absolute Gasteiger partial charge is 0.0179 e. The van der Waals surface area contributed by atoms with Crippen molar-refractivity contribution >= 4 is 0 Å². The van der Waals surface area contributed by atoms with Crippen molar-refractivity contribution in [2.45, 2.75) is 96.9 Å². The summed E-state index contributed by atoms with van der Waals surface area (Å²) in [7, 11) is 0. The van der Waals surface area contributed by atoms with Gasteiger partial charge >= 0.3 is 0 Å². The molecule has 0 aliphatic rings. The Morgan fingerprint density at radius 3 is 0.283 bits per heavy atom. The molecule has 0 aromatic heterocycles. The van der Waals surface area contributed by atoms with E-state index in [9.17, 15) is 0 Å². The molecule has 0 heterocycles. The Hall–Kier alpha value is -10.1. The lowest BCUT2D eigenvalue weighted by Crippen LogP contribution is -1.85. The van der Waals surface area contributed by atoms with Crippen molar-refractivity contribution in [3.05, 3.63) is 357 Å². The highest BCUT2D eigenvalue weighted by atomic mass is 14.1. The molecule has 92 heavy (non-hydrogen) atoms. The molecular formula is C92H88. The van der Waals surface area contributed by atoms with Crippen LogP contribution in [0.5, 0.6) is 0 Å². The van der Waals surface area contributed by atoms with Crippen molar-refractivity contribution in [2.24, 2.45) is 0 Å². The van der Waals surface area contributed by atoms with E-state index in [1.165, 1.54) is 178 Å². The van der Waals surface area contributed by atoms with Crippen LogP contribution in [-0.2, 0) is 0 Å². The lowest BCUT2D eigenvalue weighted by Gasteiger charge is -2.09. The van der Waals surface area contributed by atoms with Crippen LogP contribution in [0.4, 0.5) is 0 Å². The monoisotopic (exact) mass is 1190 g/mol. The summed E-state index contributed by atoms with van der Waals surface area (Å²) in [4.78, 5) is 0. The summed E-state index contributed by atoms with van der Waals surface area (Å²) in [6.45, 7) is 30.1. The normalized spacial score (nSPS) is 10.7. The Morgan fingerprint density at radius 2 is 0.174 bits per heavy atom. The molecule has 13 aromatic carbocycles. The summed E-state index contributed by atoms with van der Waals surface area (Å²) in [6, 6.07) is 102. The zero-order chi connectivity index (χ0) is 65.0. The lowest BCUT2D eigenvalue weighted by molar-refractivity contribution is 1.38. The first kappa shape index (κ1) is 64.8. The van der Waals surface area contributed by atoms with Crippen molar-refractivity contribution in [2.75, 3.05) is 0 Å². The van der Waals surface area contributed by atoms with Gasteiger partial charge in [0, 0.05) is 0 Å². The molecule has 0 amide bonds. The van der Waals surface area contributed by atoms with E-state index in [2.05, 4.69) is 376 Å². The van der Waals surface area contributed by atoms with Crippen LogP contribution in [0.25, 0.3) is 100 Å². The summed E-state index contributed by atoms with van der Waals surface area (Å²) in [5, 5.41) is 0. The van der Waals surface area contributed by atoms with E-state index < -0.39 is 0 Å². The Morgan fingerprint density at radius 1 is 0.0870 bits per heavy atom. The van der Waals surface area contributed by atoms with Crippen molar-refractivity contribution in [1.29, 1.82) is 0 Å². The predicted molar refractivity (Wildman–Crippen MR) is 401 cm³/mol.